The van der Waals surface area contributed by atoms with Crippen LogP contribution >= 0.6 is 24.8 Å². The van der Waals surface area contributed by atoms with Gasteiger partial charge in [-0.15, -0.1) is 24.8 Å². The molecule has 0 radical (unpaired) electrons. The molecule has 4 rings (SSSR count). The fraction of sp³-hybridized carbons (Fsp3) is 0.350. The Bertz CT molecular complexity index is 773. The van der Waals surface area contributed by atoms with Gasteiger partial charge in [-0.3, -0.25) is 4.79 Å². The Kier molecular flexibility index (Phi) is 6.93. The molecule has 26 heavy (non-hydrogen) atoms. The molecule has 1 amide bonds. The largest absolute Gasteiger partial charge is 0.368 e. The normalized spacial score (nSPS) is 15.7. The van der Waals surface area contributed by atoms with E-state index in [0.29, 0.717) is 0 Å². The summed E-state index contributed by atoms with van der Waals surface area (Å²) in [7, 11) is 0. The molecular formula is C20H25Cl2N3O. The third kappa shape index (κ3) is 4.14. The second-order valence-corrected chi connectivity index (χ2v) is 6.71. The first-order valence-corrected chi connectivity index (χ1v) is 8.64. The molecule has 2 aromatic carbocycles. The average molecular weight is 394 g/mol. The van der Waals surface area contributed by atoms with Crippen LogP contribution in [0.25, 0.3) is 0 Å². The van der Waals surface area contributed by atoms with E-state index in [2.05, 4.69) is 53.5 Å². The molecule has 0 spiro atoms. The molecule has 4 nitrogen and oxygen atoms in total. The van der Waals surface area contributed by atoms with Crippen LogP contribution in [0, 0.1) is 6.92 Å². The number of hydrogen-bond acceptors (Lipinski definition) is 3. The van der Waals surface area contributed by atoms with E-state index in [0.717, 1.165) is 44.8 Å². The number of carbonyl (C=O) groups excluding carboxylic acids is 1. The van der Waals surface area contributed by atoms with Gasteiger partial charge in [0.15, 0.2) is 0 Å². The van der Waals surface area contributed by atoms with Crippen molar-refractivity contribution in [3.05, 3.63) is 64.7 Å². The molecule has 1 fully saturated rings. The monoisotopic (exact) mass is 393 g/mol. The smallest absolute Gasteiger partial charge is 0.253 e. The van der Waals surface area contributed by atoms with Crippen LogP contribution in [0.3, 0.4) is 0 Å². The number of nitrogens with zero attached hydrogens (tertiary/aromatic N) is 2. The van der Waals surface area contributed by atoms with Crippen LogP contribution in [-0.4, -0.2) is 37.0 Å². The Balaban J connectivity index is 0.00000121. The number of nitrogens with one attached hydrogen (secondary N) is 1. The lowest BCUT2D eigenvalue weighted by molar-refractivity contribution is 0.0746. The summed E-state index contributed by atoms with van der Waals surface area (Å²) in [5.74, 6) is 0.161. The van der Waals surface area contributed by atoms with E-state index in [4.69, 9.17) is 0 Å². The molecule has 0 bridgehead atoms. The van der Waals surface area contributed by atoms with E-state index >= 15 is 0 Å². The predicted molar refractivity (Wildman–Crippen MR) is 111 cm³/mol. The van der Waals surface area contributed by atoms with Crippen LogP contribution in [0.2, 0.25) is 0 Å². The molecule has 1 N–H and O–H groups in total. The summed E-state index contributed by atoms with van der Waals surface area (Å²) in [6.07, 6.45) is 0. The van der Waals surface area contributed by atoms with Gasteiger partial charge in [-0.05, 0) is 47.9 Å². The van der Waals surface area contributed by atoms with Gasteiger partial charge in [0.1, 0.15) is 0 Å². The second kappa shape index (κ2) is 8.76. The molecule has 2 aromatic rings. The van der Waals surface area contributed by atoms with Crippen molar-refractivity contribution in [2.75, 3.05) is 31.1 Å². The van der Waals surface area contributed by atoms with Crippen molar-refractivity contribution in [3.8, 4) is 0 Å². The number of amides is 1. The summed E-state index contributed by atoms with van der Waals surface area (Å²) in [4.78, 5) is 17.1. The summed E-state index contributed by atoms with van der Waals surface area (Å²) in [5, 5.41) is 3.33. The van der Waals surface area contributed by atoms with Gasteiger partial charge in [0.2, 0.25) is 0 Å². The maximum atomic E-state index is 12.8. The van der Waals surface area contributed by atoms with Gasteiger partial charge in [0.05, 0.1) is 0 Å². The van der Waals surface area contributed by atoms with Crippen molar-refractivity contribution in [1.29, 1.82) is 0 Å². The van der Waals surface area contributed by atoms with E-state index in [1.54, 1.807) is 0 Å². The minimum atomic E-state index is 0. The van der Waals surface area contributed by atoms with Gasteiger partial charge in [-0.2, -0.15) is 0 Å². The Hall–Kier alpha value is -1.75. The molecule has 0 unspecified atom stereocenters. The average Bonchev–Trinajstić information content (AvgIpc) is 3.09. The minimum Gasteiger partial charge on any atom is -0.368 e. The highest BCUT2D eigenvalue weighted by Crippen LogP contribution is 2.21. The summed E-state index contributed by atoms with van der Waals surface area (Å²) in [5.41, 5.74) is 5.93. The molecule has 6 heteroatoms. The second-order valence-electron chi connectivity index (χ2n) is 6.71. The zero-order chi connectivity index (χ0) is 16.5. The number of piperazine rings is 1. The van der Waals surface area contributed by atoms with Crippen molar-refractivity contribution in [3.63, 3.8) is 0 Å². The maximum absolute atomic E-state index is 12.8. The van der Waals surface area contributed by atoms with Crippen LogP contribution in [0.15, 0.2) is 42.5 Å². The van der Waals surface area contributed by atoms with Crippen molar-refractivity contribution < 1.29 is 4.79 Å². The Labute approximate surface area is 167 Å². The van der Waals surface area contributed by atoms with Crippen molar-refractivity contribution in [2.24, 2.45) is 0 Å². The van der Waals surface area contributed by atoms with Crippen LogP contribution < -0.4 is 10.2 Å². The van der Waals surface area contributed by atoms with Crippen LogP contribution in [0.1, 0.15) is 27.0 Å². The molecule has 0 aromatic heterocycles. The molecule has 2 aliphatic heterocycles. The van der Waals surface area contributed by atoms with Gasteiger partial charge < -0.3 is 15.1 Å². The van der Waals surface area contributed by atoms with Crippen molar-refractivity contribution in [2.45, 2.75) is 20.0 Å². The molecule has 1 saturated heterocycles. The number of fused-ring (bicyclic) bond motifs is 1. The summed E-state index contributed by atoms with van der Waals surface area (Å²) in [6, 6.07) is 14.7. The van der Waals surface area contributed by atoms with E-state index in [-0.39, 0.29) is 30.7 Å². The molecule has 140 valence electrons. The highest BCUT2D eigenvalue weighted by atomic mass is 35.5. The standard InChI is InChI=1S/C20H23N3O.2ClH/c1-15-3-2-4-19(11-15)22-7-9-23(10-8-22)20(24)16-5-6-17-13-21-14-18(17)12-16;;/h2-6,11-12,21H,7-10,13-14H2,1H3;2*1H. The number of benzene rings is 2. The molecule has 2 aliphatic rings. The van der Waals surface area contributed by atoms with E-state index in [1.165, 1.54) is 22.4 Å². The van der Waals surface area contributed by atoms with E-state index < -0.39 is 0 Å². The molecule has 0 atom stereocenters. The summed E-state index contributed by atoms with van der Waals surface area (Å²) in [6.45, 7) is 7.25. The van der Waals surface area contributed by atoms with Crippen molar-refractivity contribution >= 4 is 36.4 Å². The lowest BCUT2D eigenvalue weighted by Gasteiger charge is -2.36. The Morgan fingerprint density at radius 2 is 1.65 bits per heavy atom. The van der Waals surface area contributed by atoms with Gasteiger partial charge >= 0.3 is 0 Å². The van der Waals surface area contributed by atoms with Crippen LogP contribution in [-0.2, 0) is 13.1 Å². The highest BCUT2D eigenvalue weighted by molar-refractivity contribution is 5.94. The zero-order valence-electron chi connectivity index (χ0n) is 14.9. The lowest BCUT2D eigenvalue weighted by atomic mass is 10.1. The first-order chi connectivity index (χ1) is 11.7. The number of rotatable bonds is 2. The number of carbonyl (C=O) groups is 1. The minimum absolute atomic E-state index is 0. The van der Waals surface area contributed by atoms with E-state index in [1.807, 2.05) is 11.0 Å². The maximum Gasteiger partial charge on any atom is 0.253 e. The Morgan fingerprint density at radius 3 is 2.38 bits per heavy atom. The molecule has 0 aliphatic carbocycles. The van der Waals surface area contributed by atoms with Crippen LogP contribution in [0.5, 0.6) is 0 Å². The fourth-order valence-electron chi connectivity index (χ4n) is 3.60. The van der Waals surface area contributed by atoms with Crippen molar-refractivity contribution in [1.82, 2.24) is 10.2 Å². The van der Waals surface area contributed by atoms with E-state index in [9.17, 15) is 4.79 Å². The van der Waals surface area contributed by atoms with Gasteiger partial charge in [-0.25, -0.2) is 0 Å². The summed E-state index contributed by atoms with van der Waals surface area (Å²) >= 11 is 0. The number of halogens is 2. The molecule has 0 saturated carbocycles. The van der Waals surface area contributed by atoms with Gasteiger partial charge in [0.25, 0.3) is 5.91 Å². The SMILES string of the molecule is Cc1cccc(N2CCN(C(=O)c3ccc4c(c3)CNC4)CC2)c1.Cl.Cl. The quantitative estimate of drug-likeness (QED) is 0.848. The first kappa shape index (κ1) is 20.6. The first-order valence-electron chi connectivity index (χ1n) is 8.64. The molecular weight excluding hydrogens is 369 g/mol. The van der Waals surface area contributed by atoms with Gasteiger partial charge in [0, 0.05) is 50.5 Å². The third-order valence-corrected chi connectivity index (χ3v) is 5.02. The van der Waals surface area contributed by atoms with Gasteiger partial charge in [-0.1, -0.05) is 18.2 Å². The lowest BCUT2D eigenvalue weighted by Crippen LogP contribution is -2.48. The number of hydrogen-bond donors (Lipinski definition) is 1. The highest BCUT2D eigenvalue weighted by Gasteiger charge is 2.23. The van der Waals surface area contributed by atoms with Crippen LogP contribution in [0.4, 0.5) is 5.69 Å². The third-order valence-electron chi connectivity index (χ3n) is 5.02. The Morgan fingerprint density at radius 1 is 0.923 bits per heavy atom. The summed E-state index contributed by atoms with van der Waals surface area (Å²) < 4.78 is 0. The fourth-order valence-corrected chi connectivity index (χ4v) is 3.60. The number of aryl methyl sites for hydroxylation is 1. The molecule has 2 heterocycles. The zero-order valence-corrected chi connectivity index (χ0v) is 16.5. The predicted octanol–water partition coefficient (Wildman–Crippen LogP) is 3.40. The number of anilines is 1. The topological polar surface area (TPSA) is 35.6 Å².